The minimum absolute atomic E-state index is 0.495. The zero-order chi connectivity index (χ0) is 23.9. The second-order valence-corrected chi connectivity index (χ2v) is 10.3. The summed E-state index contributed by atoms with van der Waals surface area (Å²) in [7, 11) is 1.79. The Bertz CT molecular complexity index is 583. The van der Waals surface area contributed by atoms with Crippen LogP contribution < -0.4 is 5.73 Å². The highest BCUT2D eigenvalue weighted by molar-refractivity contribution is 5.19. The quantitative estimate of drug-likeness (QED) is 0.492. The molecule has 3 rings (SSSR count). The van der Waals surface area contributed by atoms with Crippen LogP contribution in [0, 0.1) is 5.92 Å². The van der Waals surface area contributed by atoms with Crippen LogP contribution in [0.3, 0.4) is 0 Å². The topological polar surface area (TPSA) is 45.0 Å². The van der Waals surface area contributed by atoms with Crippen molar-refractivity contribution in [3.63, 3.8) is 0 Å². The fraction of sp³-hybridized carbons (Fsp3) is 0.786. The van der Waals surface area contributed by atoms with E-state index >= 15 is 0 Å². The summed E-state index contributed by atoms with van der Waals surface area (Å²) in [6.07, 6.45) is 7.76. The molecule has 1 heterocycles. The van der Waals surface area contributed by atoms with Gasteiger partial charge in [0.25, 0.3) is 0 Å². The molecular weight excluding hydrogens is 408 g/mol. The lowest BCUT2D eigenvalue weighted by atomic mass is 10.0. The first-order valence-electron chi connectivity index (χ1n) is 13.5. The molecule has 2 fully saturated rings. The van der Waals surface area contributed by atoms with E-state index in [4.69, 9.17) is 10.5 Å². The molecule has 0 amide bonds. The maximum atomic E-state index is 5.53. The summed E-state index contributed by atoms with van der Waals surface area (Å²) >= 11 is 0. The van der Waals surface area contributed by atoms with Gasteiger partial charge in [-0.25, -0.2) is 0 Å². The van der Waals surface area contributed by atoms with Crippen LogP contribution in [-0.4, -0.2) is 86.8 Å². The number of ether oxygens (including phenoxy) is 1. The van der Waals surface area contributed by atoms with Crippen LogP contribution in [0.5, 0.6) is 0 Å². The van der Waals surface area contributed by atoms with Crippen LogP contribution in [0.25, 0.3) is 0 Å². The van der Waals surface area contributed by atoms with Gasteiger partial charge in [0.05, 0.1) is 6.61 Å². The van der Waals surface area contributed by atoms with Crippen molar-refractivity contribution in [3.8, 4) is 0 Å². The third kappa shape index (κ3) is 11.3. The number of rotatable bonds is 12. The maximum absolute atomic E-state index is 5.53. The van der Waals surface area contributed by atoms with Gasteiger partial charge in [0, 0.05) is 58.5 Å². The molecule has 1 saturated heterocycles. The van der Waals surface area contributed by atoms with Crippen LogP contribution in [0.15, 0.2) is 30.3 Å². The summed E-state index contributed by atoms with van der Waals surface area (Å²) in [6, 6.07) is 12.2. The predicted octanol–water partition coefficient (Wildman–Crippen LogP) is 4.64. The SMILES string of the molecule is CCCN(CCC(C)C)CC(c1ccccc1)N1CCN(CCOC)CC1.NC1CCCC1. The number of nitrogens with zero attached hydrogens (tertiary/aromatic N) is 3. The zero-order valence-corrected chi connectivity index (χ0v) is 22.1. The van der Waals surface area contributed by atoms with Gasteiger partial charge in [0.15, 0.2) is 0 Å². The van der Waals surface area contributed by atoms with Crippen molar-refractivity contribution in [2.45, 2.75) is 71.4 Å². The van der Waals surface area contributed by atoms with E-state index < -0.39 is 0 Å². The van der Waals surface area contributed by atoms with Gasteiger partial charge in [0.1, 0.15) is 0 Å². The molecule has 1 atom stereocenters. The number of hydrogen-bond donors (Lipinski definition) is 1. The van der Waals surface area contributed by atoms with Gasteiger partial charge >= 0.3 is 0 Å². The summed E-state index contributed by atoms with van der Waals surface area (Å²) in [4.78, 5) is 7.93. The van der Waals surface area contributed by atoms with Crippen molar-refractivity contribution in [1.82, 2.24) is 14.7 Å². The molecular formula is C28H52N4O. The van der Waals surface area contributed by atoms with Crippen LogP contribution in [0.2, 0.25) is 0 Å². The molecule has 1 aliphatic carbocycles. The molecule has 1 aliphatic heterocycles. The van der Waals surface area contributed by atoms with Crippen molar-refractivity contribution in [2.75, 3.05) is 66.1 Å². The van der Waals surface area contributed by atoms with E-state index in [-0.39, 0.29) is 0 Å². The lowest BCUT2D eigenvalue weighted by molar-refractivity contribution is 0.0593. The summed E-state index contributed by atoms with van der Waals surface area (Å²) in [5.74, 6) is 0.767. The summed E-state index contributed by atoms with van der Waals surface area (Å²) in [5, 5.41) is 0. The third-order valence-electron chi connectivity index (χ3n) is 7.04. The molecule has 33 heavy (non-hydrogen) atoms. The molecule has 5 heteroatoms. The third-order valence-corrected chi connectivity index (χ3v) is 7.04. The molecule has 1 saturated carbocycles. The minimum atomic E-state index is 0.495. The van der Waals surface area contributed by atoms with Crippen molar-refractivity contribution in [1.29, 1.82) is 0 Å². The Hall–Kier alpha value is -0.980. The van der Waals surface area contributed by atoms with E-state index in [9.17, 15) is 0 Å². The van der Waals surface area contributed by atoms with Gasteiger partial charge in [-0.15, -0.1) is 0 Å². The Kier molecular flexibility index (Phi) is 14.2. The van der Waals surface area contributed by atoms with E-state index in [0.717, 1.165) is 51.8 Å². The molecule has 0 aromatic heterocycles. The van der Waals surface area contributed by atoms with Crippen LogP contribution >= 0.6 is 0 Å². The molecule has 0 bridgehead atoms. The lowest BCUT2D eigenvalue weighted by Gasteiger charge is -2.41. The monoisotopic (exact) mass is 460 g/mol. The Morgan fingerprint density at radius 1 is 1.03 bits per heavy atom. The number of nitrogens with two attached hydrogens (primary N) is 1. The smallest absolute Gasteiger partial charge is 0.0589 e. The number of piperazine rings is 1. The van der Waals surface area contributed by atoms with E-state index in [1.807, 2.05) is 0 Å². The van der Waals surface area contributed by atoms with Gasteiger partial charge in [-0.2, -0.15) is 0 Å². The molecule has 190 valence electrons. The van der Waals surface area contributed by atoms with E-state index in [0.29, 0.717) is 12.1 Å². The van der Waals surface area contributed by atoms with E-state index in [1.54, 1.807) is 7.11 Å². The second-order valence-electron chi connectivity index (χ2n) is 10.3. The van der Waals surface area contributed by atoms with Crippen molar-refractivity contribution >= 4 is 0 Å². The Morgan fingerprint density at radius 2 is 1.70 bits per heavy atom. The molecule has 1 aromatic rings. The number of hydrogen-bond acceptors (Lipinski definition) is 5. The Morgan fingerprint density at radius 3 is 2.21 bits per heavy atom. The predicted molar refractivity (Wildman–Crippen MR) is 142 cm³/mol. The average Bonchev–Trinajstić information content (AvgIpc) is 3.31. The van der Waals surface area contributed by atoms with E-state index in [2.05, 4.69) is 65.8 Å². The molecule has 0 radical (unpaired) electrons. The highest BCUT2D eigenvalue weighted by atomic mass is 16.5. The molecule has 0 spiro atoms. The Labute approximate surface area is 204 Å². The Balaban J connectivity index is 0.000000554. The van der Waals surface area contributed by atoms with Gasteiger partial charge in [-0.1, -0.05) is 63.9 Å². The summed E-state index contributed by atoms with van der Waals surface area (Å²) < 4.78 is 5.25. The van der Waals surface area contributed by atoms with Gasteiger partial charge in [0.2, 0.25) is 0 Å². The van der Waals surface area contributed by atoms with Crippen LogP contribution in [0.1, 0.15) is 70.9 Å². The highest BCUT2D eigenvalue weighted by Gasteiger charge is 2.26. The molecule has 5 nitrogen and oxygen atoms in total. The average molecular weight is 461 g/mol. The number of benzene rings is 1. The summed E-state index contributed by atoms with van der Waals surface area (Å²) in [5.41, 5.74) is 7.00. The molecule has 1 aromatic carbocycles. The van der Waals surface area contributed by atoms with Crippen molar-refractivity contribution in [2.24, 2.45) is 11.7 Å². The molecule has 2 aliphatic rings. The van der Waals surface area contributed by atoms with Gasteiger partial charge < -0.3 is 15.4 Å². The van der Waals surface area contributed by atoms with Crippen LogP contribution in [0.4, 0.5) is 0 Å². The fourth-order valence-corrected chi connectivity index (χ4v) is 4.88. The second kappa shape index (κ2) is 16.6. The first-order valence-corrected chi connectivity index (χ1v) is 13.5. The van der Waals surface area contributed by atoms with Crippen LogP contribution in [-0.2, 0) is 4.74 Å². The van der Waals surface area contributed by atoms with E-state index in [1.165, 1.54) is 57.2 Å². The highest BCUT2D eigenvalue weighted by Crippen LogP contribution is 2.24. The zero-order valence-electron chi connectivity index (χ0n) is 22.1. The standard InChI is InChI=1S/C23H41N3O.C5H11N/c1-5-12-25(13-11-21(2)3)20-23(22-9-7-6-8-10-22)26-16-14-24(15-17-26)18-19-27-4;6-5-3-1-2-4-5/h6-10,21,23H,5,11-20H2,1-4H3;5H,1-4,6H2. The normalized spacial score (nSPS) is 19.1. The lowest BCUT2D eigenvalue weighted by Crippen LogP contribution is -2.50. The molecule has 1 unspecified atom stereocenters. The van der Waals surface area contributed by atoms with Gasteiger partial charge in [-0.05, 0) is 50.3 Å². The van der Waals surface area contributed by atoms with Crippen molar-refractivity contribution in [3.05, 3.63) is 35.9 Å². The first kappa shape index (κ1) is 28.3. The fourth-order valence-electron chi connectivity index (χ4n) is 4.88. The maximum Gasteiger partial charge on any atom is 0.0589 e. The molecule has 2 N–H and O–H groups in total. The van der Waals surface area contributed by atoms with Gasteiger partial charge in [-0.3, -0.25) is 9.80 Å². The largest absolute Gasteiger partial charge is 0.383 e. The minimum Gasteiger partial charge on any atom is -0.383 e. The number of methoxy groups -OCH3 is 1. The van der Waals surface area contributed by atoms with Crippen molar-refractivity contribution < 1.29 is 4.74 Å². The first-order chi connectivity index (χ1) is 16.0. The summed E-state index contributed by atoms with van der Waals surface area (Å²) in [6.45, 7) is 17.0.